The molecule has 4 rings (SSSR count). The smallest absolute Gasteiger partial charge is 0.173 e. The maximum Gasteiger partial charge on any atom is 0.173 e. The number of benzene rings is 1. The normalized spacial score (nSPS) is 15.3. The zero-order valence-corrected chi connectivity index (χ0v) is 18.1. The van der Waals surface area contributed by atoms with Crippen LogP contribution in [0.4, 0.5) is 5.82 Å². The van der Waals surface area contributed by atoms with E-state index in [-0.39, 0.29) is 13.2 Å². The van der Waals surface area contributed by atoms with Gasteiger partial charge >= 0.3 is 0 Å². The number of pyridine rings is 1. The molecule has 1 fully saturated rings. The van der Waals surface area contributed by atoms with E-state index in [4.69, 9.17) is 17.3 Å². The zero-order valence-electron chi connectivity index (χ0n) is 16.5. The Balaban J connectivity index is 0.00000256. The molecule has 160 valence electrons. The van der Waals surface area contributed by atoms with Crippen LogP contribution in [0.15, 0.2) is 36.5 Å². The lowest BCUT2D eigenvalue weighted by molar-refractivity contribution is 0.0986. The Hall–Kier alpha value is -1.99. The summed E-state index contributed by atoms with van der Waals surface area (Å²) in [5.41, 5.74) is 7.03. The van der Waals surface area contributed by atoms with Crippen molar-refractivity contribution < 1.29 is 4.79 Å². The molecule has 7 heteroatoms. The average molecular weight is 445 g/mol. The highest BCUT2D eigenvalue weighted by Crippen LogP contribution is 2.30. The van der Waals surface area contributed by atoms with E-state index in [1.54, 1.807) is 17.5 Å². The number of nitrogen functional groups attached to an aromatic ring is 1. The molecule has 0 amide bonds. The Morgan fingerprint density at radius 2 is 1.97 bits per heavy atom. The molecule has 0 unspecified atom stereocenters. The van der Waals surface area contributed by atoms with Gasteiger partial charge in [-0.2, -0.15) is 0 Å². The summed E-state index contributed by atoms with van der Waals surface area (Å²) < 4.78 is 0. The number of hydrogen-bond acceptors (Lipinski definition) is 6. The van der Waals surface area contributed by atoms with Gasteiger partial charge in [0.2, 0.25) is 0 Å². The largest absolute Gasteiger partial charge is 0.383 e. The van der Waals surface area contributed by atoms with Gasteiger partial charge in [0.1, 0.15) is 5.82 Å². The number of carbonyl (C=O) groups excluding carboxylic acids is 1. The first kappa shape index (κ1) is 22.7. The van der Waals surface area contributed by atoms with Crippen LogP contribution in [0.25, 0.3) is 10.8 Å². The fourth-order valence-electron chi connectivity index (χ4n) is 3.65. The number of Topliss-reactive ketones (excluding diaryl/α,β-unsaturated/α-hetero) is 1. The minimum atomic E-state index is 0. The molecule has 2 N–H and O–H groups in total. The van der Waals surface area contributed by atoms with Gasteiger partial charge in [-0.15, -0.1) is 11.3 Å². The van der Waals surface area contributed by atoms with E-state index >= 15 is 0 Å². The molecule has 0 bridgehead atoms. The molecule has 3 heterocycles. The van der Waals surface area contributed by atoms with E-state index in [0.29, 0.717) is 23.7 Å². The standard InChI is InChI=1S/C22H25ClN4OS.CH4/c1-26-8-10-27(11-9-26)14-21-18(23)13-20(29-21)19(28)5-3-15-2-4-17-16(12-15)6-7-25-22(17)24;/h2,4,6-7,12-13H,3,5,8-11,14H2,1H3,(H2,24,25);1H4. The van der Waals surface area contributed by atoms with Gasteiger partial charge in [0.05, 0.1) is 9.90 Å². The molecule has 1 aliphatic heterocycles. The highest BCUT2D eigenvalue weighted by molar-refractivity contribution is 7.14. The number of aryl methyl sites for hydroxylation is 1. The molecule has 0 aliphatic carbocycles. The first-order valence-corrected chi connectivity index (χ1v) is 11.0. The zero-order chi connectivity index (χ0) is 20.4. The van der Waals surface area contributed by atoms with Crippen LogP contribution >= 0.6 is 22.9 Å². The minimum absolute atomic E-state index is 0. The third-order valence-electron chi connectivity index (χ3n) is 5.50. The molecule has 30 heavy (non-hydrogen) atoms. The quantitative estimate of drug-likeness (QED) is 0.557. The molecule has 0 radical (unpaired) electrons. The van der Waals surface area contributed by atoms with Crippen LogP contribution in [0.3, 0.4) is 0 Å². The summed E-state index contributed by atoms with van der Waals surface area (Å²) in [6.45, 7) is 5.04. The number of nitrogens with zero attached hydrogens (tertiary/aromatic N) is 3. The lowest BCUT2D eigenvalue weighted by atomic mass is 10.0. The van der Waals surface area contributed by atoms with Crippen molar-refractivity contribution in [3.05, 3.63) is 56.9 Å². The molecule has 0 saturated carbocycles. The summed E-state index contributed by atoms with van der Waals surface area (Å²) in [6, 6.07) is 9.87. The number of likely N-dealkylation sites (N-methyl/N-ethyl adjacent to an activating group) is 1. The number of rotatable bonds is 6. The van der Waals surface area contributed by atoms with E-state index in [9.17, 15) is 4.79 Å². The van der Waals surface area contributed by atoms with E-state index in [2.05, 4.69) is 27.9 Å². The summed E-state index contributed by atoms with van der Waals surface area (Å²) in [5, 5.41) is 2.71. The summed E-state index contributed by atoms with van der Waals surface area (Å²) in [7, 11) is 2.15. The molecule has 1 saturated heterocycles. The fourth-order valence-corrected chi connectivity index (χ4v) is 5.06. The number of ketones is 1. The molecule has 3 aromatic rings. The number of hydrogen-bond donors (Lipinski definition) is 1. The van der Waals surface area contributed by atoms with E-state index in [1.807, 2.05) is 24.3 Å². The van der Waals surface area contributed by atoms with Gasteiger partial charge in [-0.3, -0.25) is 9.69 Å². The third-order valence-corrected chi connectivity index (χ3v) is 7.11. The van der Waals surface area contributed by atoms with Crippen molar-refractivity contribution in [2.45, 2.75) is 26.8 Å². The Kier molecular flexibility index (Phi) is 7.47. The van der Waals surface area contributed by atoms with Crippen molar-refractivity contribution in [1.29, 1.82) is 0 Å². The SMILES string of the molecule is C.CN1CCN(Cc2sc(C(=O)CCc3ccc4c(N)nccc4c3)cc2Cl)CC1. The highest BCUT2D eigenvalue weighted by atomic mass is 35.5. The lowest BCUT2D eigenvalue weighted by Crippen LogP contribution is -2.43. The Morgan fingerprint density at radius 1 is 1.20 bits per heavy atom. The van der Waals surface area contributed by atoms with Crippen LogP contribution in [-0.4, -0.2) is 53.8 Å². The van der Waals surface area contributed by atoms with Crippen LogP contribution in [0, 0.1) is 0 Å². The number of aromatic nitrogens is 1. The van der Waals surface area contributed by atoms with Crippen LogP contribution < -0.4 is 5.73 Å². The second-order valence-electron chi connectivity index (χ2n) is 7.64. The van der Waals surface area contributed by atoms with Gasteiger partial charge in [-0.25, -0.2) is 4.98 Å². The molecule has 5 nitrogen and oxygen atoms in total. The van der Waals surface area contributed by atoms with Crippen LogP contribution in [0.5, 0.6) is 0 Å². The van der Waals surface area contributed by atoms with Crippen LogP contribution in [0.2, 0.25) is 5.02 Å². The van der Waals surface area contributed by atoms with E-state index in [1.165, 1.54) is 0 Å². The maximum absolute atomic E-state index is 12.7. The van der Waals surface area contributed by atoms with Crippen LogP contribution in [-0.2, 0) is 13.0 Å². The van der Waals surface area contributed by atoms with Gasteiger partial charge in [0.25, 0.3) is 0 Å². The summed E-state index contributed by atoms with van der Waals surface area (Å²) in [6.07, 6.45) is 2.87. The molecule has 1 aromatic carbocycles. The van der Waals surface area contributed by atoms with Crippen molar-refractivity contribution in [2.24, 2.45) is 0 Å². The van der Waals surface area contributed by atoms with E-state index in [0.717, 1.165) is 58.8 Å². The second-order valence-corrected chi connectivity index (χ2v) is 9.18. The molecule has 0 atom stereocenters. The molecule has 0 spiro atoms. The number of nitrogens with two attached hydrogens (primary N) is 1. The first-order chi connectivity index (χ1) is 14.0. The van der Waals surface area contributed by atoms with Gasteiger partial charge in [0.15, 0.2) is 5.78 Å². The number of piperazine rings is 1. The monoisotopic (exact) mass is 444 g/mol. The predicted molar refractivity (Wildman–Crippen MR) is 128 cm³/mol. The Bertz CT molecular complexity index is 1030. The number of halogens is 1. The summed E-state index contributed by atoms with van der Waals surface area (Å²) in [5.74, 6) is 0.683. The van der Waals surface area contributed by atoms with Crippen molar-refractivity contribution in [3.8, 4) is 0 Å². The van der Waals surface area contributed by atoms with Crippen molar-refractivity contribution in [1.82, 2.24) is 14.8 Å². The van der Waals surface area contributed by atoms with Crippen molar-refractivity contribution in [2.75, 3.05) is 39.0 Å². The third kappa shape index (κ3) is 5.19. The topological polar surface area (TPSA) is 62.5 Å². The van der Waals surface area contributed by atoms with E-state index < -0.39 is 0 Å². The van der Waals surface area contributed by atoms with Crippen molar-refractivity contribution >= 4 is 45.3 Å². The second kappa shape index (κ2) is 9.88. The number of anilines is 1. The minimum Gasteiger partial charge on any atom is -0.383 e. The maximum atomic E-state index is 12.7. The van der Waals surface area contributed by atoms with Crippen molar-refractivity contribution in [3.63, 3.8) is 0 Å². The fraction of sp³-hybridized carbons (Fsp3) is 0.391. The van der Waals surface area contributed by atoms with Gasteiger partial charge in [-0.05, 0) is 36.6 Å². The van der Waals surface area contributed by atoms with Crippen LogP contribution in [0.1, 0.15) is 34.0 Å². The average Bonchev–Trinajstić information content (AvgIpc) is 3.08. The predicted octanol–water partition coefficient (Wildman–Crippen LogP) is 4.73. The Labute approximate surface area is 187 Å². The summed E-state index contributed by atoms with van der Waals surface area (Å²) >= 11 is 7.98. The molecule has 1 aliphatic rings. The van der Waals surface area contributed by atoms with Gasteiger partial charge in [0, 0.05) is 55.6 Å². The molecule has 2 aromatic heterocycles. The van der Waals surface area contributed by atoms with Gasteiger partial charge < -0.3 is 10.6 Å². The molecular weight excluding hydrogens is 416 g/mol. The number of thiophene rings is 1. The molecular formula is C23H29ClN4OS. The Morgan fingerprint density at radius 3 is 2.73 bits per heavy atom. The van der Waals surface area contributed by atoms with Gasteiger partial charge in [-0.1, -0.05) is 37.2 Å². The summed E-state index contributed by atoms with van der Waals surface area (Å²) in [4.78, 5) is 23.4. The highest BCUT2D eigenvalue weighted by Gasteiger charge is 2.19. The number of fused-ring (bicyclic) bond motifs is 1. The number of carbonyl (C=O) groups is 1. The first-order valence-electron chi connectivity index (χ1n) is 9.85. The lowest BCUT2D eigenvalue weighted by Gasteiger charge is -2.32.